The van der Waals surface area contributed by atoms with Crippen LogP contribution >= 0.6 is 0 Å². The molecule has 14 heavy (non-hydrogen) atoms. The van der Waals surface area contributed by atoms with Crippen molar-refractivity contribution >= 4 is 9.84 Å². The summed E-state index contributed by atoms with van der Waals surface area (Å²) in [5.41, 5.74) is 0. The minimum absolute atomic E-state index is 0.262. The quantitative estimate of drug-likeness (QED) is 0.691. The fourth-order valence-electron chi connectivity index (χ4n) is 1.91. The van der Waals surface area contributed by atoms with Gasteiger partial charge in [0.15, 0.2) is 9.84 Å². The van der Waals surface area contributed by atoms with Gasteiger partial charge in [-0.05, 0) is 25.8 Å². The highest BCUT2D eigenvalue weighted by atomic mass is 32.2. The molecule has 2 atom stereocenters. The molecule has 3 nitrogen and oxygen atoms in total. The average molecular weight is 215 g/mol. The number of sulfone groups is 1. The lowest BCUT2D eigenvalue weighted by molar-refractivity contribution is 0.431. The van der Waals surface area contributed by atoms with Gasteiger partial charge in [0, 0.05) is 12.5 Å². The Labute approximate surface area is 86.2 Å². The third-order valence-corrected chi connectivity index (χ3v) is 4.55. The van der Waals surface area contributed by atoms with Crippen molar-refractivity contribution in [2.24, 2.45) is 5.92 Å². The molecule has 1 heterocycles. The van der Waals surface area contributed by atoms with E-state index in [1.807, 2.05) is 7.05 Å². The smallest absolute Gasteiger partial charge is 0.150 e. The Morgan fingerprint density at radius 2 is 2.36 bits per heavy atom. The largest absolute Gasteiger partial charge is 0.316 e. The highest BCUT2D eigenvalue weighted by Crippen LogP contribution is 2.23. The highest BCUT2D eigenvalue weighted by Gasteiger charge is 2.29. The number of rotatable bonds is 4. The molecule has 80 valence electrons. The first-order valence-electron chi connectivity index (χ1n) is 4.88. The van der Waals surface area contributed by atoms with E-state index in [4.69, 9.17) is 6.42 Å². The first-order chi connectivity index (χ1) is 6.57. The van der Waals surface area contributed by atoms with Gasteiger partial charge < -0.3 is 5.32 Å². The molecule has 4 heteroatoms. The van der Waals surface area contributed by atoms with Gasteiger partial charge in [-0.1, -0.05) is 0 Å². The molecule has 1 N–H and O–H groups in total. The van der Waals surface area contributed by atoms with Gasteiger partial charge in [-0.3, -0.25) is 0 Å². The van der Waals surface area contributed by atoms with Crippen molar-refractivity contribution in [1.29, 1.82) is 0 Å². The van der Waals surface area contributed by atoms with Gasteiger partial charge >= 0.3 is 0 Å². The average Bonchev–Trinajstić information content (AvgIpc) is 2.45. The minimum atomic E-state index is -2.74. The zero-order valence-electron chi connectivity index (χ0n) is 8.49. The van der Waals surface area contributed by atoms with Gasteiger partial charge in [0.05, 0.1) is 11.5 Å². The third-order valence-electron chi connectivity index (χ3n) is 2.72. The fraction of sp³-hybridized carbons (Fsp3) is 0.800. The topological polar surface area (TPSA) is 46.2 Å². The van der Waals surface area contributed by atoms with Crippen molar-refractivity contribution in [1.82, 2.24) is 5.32 Å². The predicted molar refractivity (Wildman–Crippen MR) is 57.7 cm³/mol. The standard InChI is InChI=1S/C10H17NO2S/c1-3-4-10(11-2)7-9-5-6-14(12,13)8-9/h1,9-11H,4-8H2,2H3. The van der Waals surface area contributed by atoms with E-state index in [2.05, 4.69) is 11.2 Å². The first-order valence-corrected chi connectivity index (χ1v) is 6.70. The molecular weight excluding hydrogens is 198 g/mol. The zero-order chi connectivity index (χ0) is 10.6. The molecular formula is C10H17NO2S. The summed E-state index contributed by atoms with van der Waals surface area (Å²) in [6.45, 7) is 0. The van der Waals surface area contributed by atoms with Crippen LogP contribution in [0.15, 0.2) is 0 Å². The molecule has 0 saturated carbocycles. The molecule has 0 spiro atoms. The number of hydrogen-bond donors (Lipinski definition) is 1. The van der Waals surface area contributed by atoms with E-state index in [1.165, 1.54) is 0 Å². The van der Waals surface area contributed by atoms with Crippen LogP contribution in [0.1, 0.15) is 19.3 Å². The third kappa shape index (κ3) is 3.32. The van der Waals surface area contributed by atoms with Crippen LogP contribution in [-0.4, -0.2) is 33.0 Å². The number of nitrogens with one attached hydrogen (secondary N) is 1. The fourth-order valence-corrected chi connectivity index (χ4v) is 3.79. The lowest BCUT2D eigenvalue weighted by atomic mass is 9.98. The molecule has 1 saturated heterocycles. The second kappa shape index (κ2) is 4.81. The van der Waals surface area contributed by atoms with E-state index in [-0.39, 0.29) is 6.04 Å². The van der Waals surface area contributed by atoms with Crippen LogP contribution in [0, 0.1) is 18.3 Å². The summed E-state index contributed by atoms with van der Waals surface area (Å²) in [5.74, 6) is 3.59. The summed E-state index contributed by atoms with van der Waals surface area (Å²) < 4.78 is 22.4. The van der Waals surface area contributed by atoms with Crippen LogP contribution in [0.5, 0.6) is 0 Å². The van der Waals surface area contributed by atoms with Crippen LogP contribution in [0.4, 0.5) is 0 Å². The van der Waals surface area contributed by atoms with Crippen molar-refractivity contribution in [3.8, 4) is 12.3 Å². The van der Waals surface area contributed by atoms with E-state index >= 15 is 0 Å². The molecule has 0 aliphatic carbocycles. The van der Waals surface area contributed by atoms with E-state index in [1.54, 1.807) is 0 Å². The van der Waals surface area contributed by atoms with Gasteiger partial charge in [-0.15, -0.1) is 12.3 Å². The molecule has 0 aromatic heterocycles. The Balaban J connectivity index is 2.42. The molecule has 0 radical (unpaired) electrons. The van der Waals surface area contributed by atoms with Gasteiger partial charge in [0.2, 0.25) is 0 Å². The second-order valence-electron chi connectivity index (χ2n) is 3.90. The van der Waals surface area contributed by atoms with Crippen molar-refractivity contribution in [3.05, 3.63) is 0 Å². The second-order valence-corrected chi connectivity index (χ2v) is 6.13. The molecule has 0 amide bonds. The maximum absolute atomic E-state index is 11.2. The highest BCUT2D eigenvalue weighted by molar-refractivity contribution is 7.91. The van der Waals surface area contributed by atoms with Gasteiger partial charge in [0.25, 0.3) is 0 Å². The molecule has 1 aliphatic heterocycles. The summed E-state index contributed by atoms with van der Waals surface area (Å²) in [5, 5.41) is 3.12. The van der Waals surface area contributed by atoms with E-state index in [9.17, 15) is 8.42 Å². The number of terminal acetylenes is 1. The maximum atomic E-state index is 11.2. The molecule has 0 bridgehead atoms. The van der Waals surface area contributed by atoms with E-state index in [0.717, 1.165) is 12.8 Å². The summed E-state index contributed by atoms with van der Waals surface area (Å²) >= 11 is 0. The summed E-state index contributed by atoms with van der Waals surface area (Å²) in [6, 6.07) is 0.262. The van der Waals surface area contributed by atoms with Gasteiger partial charge in [-0.25, -0.2) is 8.42 Å². The molecule has 2 unspecified atom stereocenters. The Kier molecular flexibility index (Phi) is 3.97. The van der Waals surface area contributed by atoms with Crippen LogP contribution < -0.4 is 5.32 Å². The lowest BCUT2D eigenvalue weighted by Gasteiger charge is -2.16. The number of hydrogen-bond acceptors (Lipinski definition) is 3. The zero-order valence-corrected chi connectivity index (χ0v) is 9.31. The van der Waals surface area contributed by atoms with E-state index in [0.29, 0.717) is 23.8 Å². The molecule has 0 aromatic carbocycles. The summed E-state index contributed by atoms with van der Waals surface area (Å²) in [7, 11) is -0.877. The minimum Gasteiger partial charge on any atom is -0.316 e. The SMILES string of the molecule is C#CCC(CC1CCS(=O)(=O)C1)NC. The Hall–Kier alpha value is -0.530. The van der Waals surface area contributed by atoms with Crippen LogP contribution in [-0.2, 0) is 9.84 Å². The summed E-state index contributed by atoms with van der Waals surface area (Å²) in [6.07, 6.45) is 7.57. The van der Waals surface area contributed by atoms with Crippen LogP contribution in [0.25, 0.3) is 0 Å². The van der Waals surface area contributed by atoms with Crippen molar-refractivity contribution in [2.75, 3.05) is 18.6 Å². The Morgan fingerprint density at radius 3 is 2.79 bits per heavy atom. The first kappa shape index (κ1) is 11.5. The monoisotopic (exact) mass is 215 g/mol. The maximum Gasteiger partial charge on any atom is 0.150 e. The Morgan fingerprint density at radius 1 is 1.64 bits per heavy atom. The van der Waals surface area contributed by atoms with Crippen LogP contribution in [0.2, 0.25) is 0 Å². The molecule has 1 aliphatic rings. The predicted octanol–water partition coefficient (Wildman–Crippen LogP) is 0.422. The van der Waals surface area contributed by atoms with Crippen molar-refractivity contribution in [3.63, 3.8) is 0 Å². The molecule has 0 aromatic rings. The Bertz CT molecular complexity index is 316. The molecule has 1 rings (SSSR count). The van der Waals surface area contributed by atoms with Gasteiger partial charge in [0.1, 0.15) is 0 Å². The summed E-state index contributed by atoms with van der Waals surface area (Å²) in [4.78, 5) is 0. The van der Waals surface area contributed by atoms with Crippen molar-refractivity contribution in [2.45, 2.75) is 25.3 Å². The lowest BCUT2D eigenvalue weighted by Crippen LogP contribution is -2.27. The normalized spacial score (nSPS) is 27.0. The van der Waals surface area contributed by atoms with E-state index < -0.39 is 9.84 Å². The molecule has 1 fully saturated rings. The van der Waals surface area contributed by atoms with Crippen LogP contribution in [0.3, 0.4) is 0 Å². The van der Waals surface area contributed by atoms with Crippen molar-refractivity contribution < 1.29 is 8.42 Å². The van der Waals surface area contributed by atoms with Gasteiger partial charge in [-0.2, -0.15) is 0 Å².